The zero-order chi connectivity index (χ0) is 16.8. The molecular formula is C19H23N3O. The highest BCUT2D eigenvalue weighted by molar-refractivity contribution is 5.94. The third kappa shape index (κ3) is 4.68. The Morgan fingerprint density at radius 2 is 1.65 bits per heavy atom. The second-order valence-electron chi connectivity index (χ2n) is 5.96. The summed E-state index contributed by atoms with van der Waals surface area (Å²) >= 11 is 0. The molecule has 0 aliphatic heterocycles. The van der Waals surface area contributed by atoms with Crippen molar-refractivity contribution >= 4 is 17.8 Å². The number of nitrogens with zero attached hydrogens (tertiary/aromatic N) is 2. The Balaban J connectivity index is 1.95. The molecule has 4 heteroatoms. The third-order valence-electron chi connectivity index (χ3n) is 3.63. The van der Waals surface area contributed by atoms with Crippen molar-refractivity contribution in [3.63, 3.8) is 0 Å². The first-order valence-corrected chi connectivity index (χ1v) is 7.68. The van der Waals surface area contributed by atoms with Crippen molar-refractivity contribution in [2.75, 3.05) is 19.0 Å². The van der Waals surface area contributed by atoms with Gasteiger partial charge in [-0.05, 0) is 41.3 Å². The molecule has 0 atom stereocenters. The minimum Gasteiger partial charge on any atom is -0.378 e. The van der Waals surface area contributed by atoms with E-state index in [0.29, 0.717) is 11.5 Å². The van der Waals surface area contributed by atoms with Crippen molar-refractivity contribution in [3.05, 3.63) is 65.2 Å². The fourth-order valence-corrected chi connectivity index (χ4v) is 2.11. The van der Waals surface area contributed by atoms with Gasteiger partial charge in [0, 0.05) is 25.3 Å². The fraction of sp³-hybridized carbons (Fsp3) is 0.263. The molecule has 4 nitrogen and oxygen atoms in total. The summed E-state index contributed by atoms with van der Waals surface area (Å²) in [5.74, 6) is 0.247. The van der Waals surface area contributed by atoms with Crippen LogP contribution in [0.4, 0.5) is 5.69 Å². The Morgan fingerprint density at radius 3 is 2.17 bits per heavy atom. The highest BCUT2D eigenvalue weighted by Crippen LogP contribution is 2.14. The smallest absolute Gasteiger partial charge is 0.271 e. The minimum absolute atomic E-state index is 0.207. The molecule has 0 bridgehead atoms. The van der Waals surface area contributed by atoms with Crippen LogP contribution in [0.2, 0.25) is 0 Å². The molecule has 2 aromatic rings. The summed E-state index contributed by atoms with van der Waals surface area (Å²) in [6.07, 6.45) is 1.64. The van der Waals surface area contributed by atoms with Gasteiger partial charge in [0.1, 0.15) is 0 Å². The minimum atomic E-state index is -0.207. The number of rotatable bonds is 5. The fourth-order valence-electron chi connectivity index (χ4n) is 2.11. The number of anilines is 1. The third-order valence-corrected chi connectivity index (χ3v) is 3.63. The van der Waals surface area contributed by atoms with Crippen LogP contribution < -0.4 is 10.3 Å². The molecule has 120 valence electrons. The number of hydrogen-bond acceptors (Lipinski definition) is 3. The van der Waals surface area contributed by atoms with Crippen molar-refractivity contribution in [1.29, 1.82) is 0 Å². The molecule has 1 amide bonds. The molecule has 0 saturated heterocycles. The molecule has 2 rings (SSSR count). The van der Waals surface area contributed by atoms with E-state index in [1.807, 2.05) is 67.5 Å². The predicted octanol–water partition coefficient (Wildman–Crippen LogP) is 3.64. The van der Waals surface area contributed by atoms with Gasteiger partial charge >= 0.3 is 0 Å². The van der Waals surface area contributed by atoms with Gasteiger partial charge in [-0.1, -0.05) is 38.1 Å². The number of carbonyl (C=O) groups excluding carboxylic acids is 1. The molecule has 2 aromatic carbocycles. The maximum Gasteiger partial charge on any atom is 0.271 e. The summed E-state index contributed by atoms with van der Waals surface area (Å²) in [5.41, 5.74) is 6.43. The average molecular weight is 309 g/mol. The van der Waals surface area contributed by atoms with E-state index in [4.69, 9.17) is 0 Å². The quantitative estimate of drug-likeness (QED) is 0.677. The van der Waals surface area contributed by atoms with Crippen molar-refractivity contribution < 1.29 is 4.79 Å². The highest BCUT2D eigenvalue weighted by atomic mass is 16.2. The van der Waals surface area contributed by atoms with Gasteiger partial charge in [0.2, 0.25) is 0 Å². The molecule has 0 aromatic heterocycles. The van der Waals surface area contributed by atoms with Gasteiger partial charge in [-0.2, -0.15) is 5.10 Å². The summed E-state index contributed by atoms with van der Waals surface area (Å²) in [7, 11) is 3.99. The lowest BCUT2D eigenvalue weighted by Gasteiger charge is -2.11. The molecule has 0 unspecified atom stereocenters. The molecule has 1 N–H and O–H groups in total. The molecule has 0 radical (unpaired) electrons. The first kappa shape index (κ1) is 16.7. The molecule has 0 fully saturated rings. The molecule has 23 heavy (non-hydrogen) atoms. The Bertz CT molecular complexity index is 671. The van der Waals surface area contributed by atoms with Crippen LogP contribution >= 0.6 is 0 Å². The van der Waals surface area contributed by atoms with Gasteiger partial charge in [-0.25, -0.2) is 5.43 Å². The van der Waals surface area contributed by atoms with E-state index in [1.54, 1.807) is 6.21 Å². The van der Waals surface area contributed by atoms with Gasteiger partial charge in [0.15, 0.2) is 0 Å². The van der Waals surface area contributed by atoms with Gasteiger partial charge in [-0.3, -0.25) is 4.79 Å². The number of hydrazone groups is 1. The second kappa shape index (κ2) is 7.58. The summed E-state index contributed by atoms with van der Waals surface area (Å²) in [4.78, 5) is 14.1. The van der Waals surface area contributed by atoms with Crippen LogP contribution in [0.25, 0.3) is 0 Å². The van der Waals surface area contributed by atoms with E-state index in [1.165, 1.54) is 5.56 Å². The van der Waals surface area contributed by atoms with E-state index in [9.17, 15) is 4.79 Å². The molecular weight excluding hydrogens is 286 g/mol. The lowest BCUT2D eigenvalue weighted by Crippen LogP contribution is -2.17. The number of benzene rings is 2. The van der Waals surface area contributed by atoms with Gasteiger partial charge < -0.3 is 4.90 Å². The Morgan fingerprint density at radius 1 is 1.04 bits per heavy atom. The van der Waals surface area contributed by atoms with E-state index in [-0.39, 0.29) is 5.91 Å². The summed E-state index contributed by atoms with van der Waals surface area (Å²) in [5, 5.41) is 4.01. The van der Waals surface area contributed by atoms with E-state index in [2.05, 4.69) is 24.4 Å². The van der Waals surface area contributed by atoms with Crippen molar-refractivity contribution in [1.82, 2.24) is 5.43 Å². The van der Waals surface area contributed by atoms with Crippen molar-refractivity contribution in [2.45, 2.75) is 19.8 Å². The highest BCUT2D eigenvalue weighted by Gasteiger charge is 2.05. The largest absolute Gasteiger partial charge is 0.378 e. The Labute approximate surface area is 137 Å². The van der Waals surface area contributed by atoms with Crippen LogP contribution in [0.1, 0.15) is 41.3 Å². The topological polar surface area (TPSA) is 44.7 Å². The first-order valence-electron chi connectivity index (χ1n) is 7.68. The Hall–Kier alpha value is -2.62. The zero-order valence-corrected chi connectivity index (χ0v) is 14.1. The molecule has 0 saturated carbocycles. The lowest BCUT2D eigenvalue weighted by atomic mass is 10.0. The summed E-state index contributed by atoms with van der Waals surface area (Å²) in [6.45, 7) is 4.25. The van der Waals surface area contributed by atoms with Gasteiger partial charge in [0.25, 0.3) is 5.91 Å². The predicted molar refractivity (Wildman–Crippen MR) is 96.4 cm³/mol. The van der Waals surface area contributed by atoms with E-state index < -0.39 is 0 Å². The lowest BCUT2D eigenvalue weighted by molar-refractivity contribution is 0.0955. The number of nitrogens with one attached hydrogen (secondary N) is 1. The van der Waals surface area contributed by atoms with Crippen LogP contribution in [0.15, 0.2) is 53.6 Å². The standard InChI is InChI=1S/C19H23N3O/c1-14(2)16-7-9-17(10-8-16)19(23)21-20-13-15-5-11-18(12-6-15)22(3)4/h5-14H,1-4H3,(H,21,23)/b20-13+. The molecule has 0 spiro atoms. The molecule has 0 aliphatic carbocycles. The van der Waals surface area contributed by atoms with E-state index >= 15 is 0 Å². The van der Waals surface area contributed by atoms with Crippen LogP contribution in [-0.2, 0) is 0 Å². The van der Waals surface area contributed by atoms with Crippen LogP contribution in [0.3, 0.4) is 0 Å². The second-order valence-corrected chi connectivity index (χ2v) is 5.96. The van der Waals surface area contributed by atoms with Gasteiger partial charge in [0.05, 0.1) is 6.21 Å². The number of amides is 1. The summed E-state index contributed by atoms with van der Waals surface area (Å²) < 4.78 is 0. The maximum absolute atomic E-state index is 12.0. The average Bonchev–Trinajstić information content (AvgIpc) is 2.55. The maximum atomic E-state index is 12.0. The monoisotopic (exact) mass is 309 g/mol. The number of carbonyl (C=O) groups is 1. The van der Waals surface area contributed by atoms with Crippen molar-refractivity contribution in [2.24, 2.45) is 5.10 Å². The molecule has 0 aliphatic rings. The normalized spacial score (nSPS) is 11.0. The number of hydrogen-bond donors (Lipinski definition) is 1. The van der Waals surface area contributed by atoms with Crippen LogP contribution in [-0.4, -0.2) is 26.2 Å². The van der Waals surface area contributed by atoms with Crippen LogP contribution in [0.5, 0.6) is 0 Å². The Kier molecular flexibility index (Phi) is 5.52. The SMILES string of the molecule is CC(C)c1ccc(C(=O)N/N=C/c2ccc(N(C)C)cc2)cc1. The van der Waals surface area contributed by atoms with Crippen LogP contribution in [0, 0.1) is 0 Å². The molecule has 0 heterocycles. The summed E-state index contributed by atoms with van der Waals surface area (Å²) in [6, 6.07) is 15.5. The van der Waals surface area contributed by atoms with Gasteiger partial charge in [-0.15, -0.1) is 0 Å². The first-order chi connectivity index (χ1) is 11.0. The zero-order valence-electron chi connectivity index (χ0n) is 14.1. The van der Waals surface area contributed by atoms with Crippen molar-refractivity contribution in [3.8, 4) is 0 Å². The van der Waals surface area contributed by atoms with E-state index in [0.717, 1.165) is 11.3 Å².